The third-order valence-corrected chi connectivity index (χ3v) is 5.77. The van der Waals surface area contributed by atoms with Crippen LogP contribution < -0.4 is 5.56 Å². The van der Waals surface area contributed by atoms with Gasteiger partial charge in [0.25, 0.3) is 5.56 Å². The van der Waals surface area contributed by atoms with Gasteiger partial charge in [0.05, 0.1) is 29.8 Å². The Balaban J connectivity index is 1.82. The highest BCUT2D eigenvalue weighted by Gasteiger charge is 2.19. The van der Waals surface area contributed by atoms with E-state index in [1.165, 1.54) is 11.8 Å². The van der Waals surface area contributed by atoms with Crippen molar-refractivity contribution in [2.45, 2.75) is 38.1 Å². The summed E-state index contributed by atoms with van der Waals surface area (Å²) < 4.78 is 6.76. The zero-order chi connectivity index (χ0) is 21.5. The molecule has 0 aliphatic rings. The quantitative estimate of drug-likeness (QED) is 0.387. The molecule has 0 aliphatic heterocycles. The molecular formula is C23H27N3O3S. The zero-order valence-electron chi connectivity index (χ0n) is 17.6. The van der Waals surface area contributed by atoms with E-state index in [4.69, 9.17) is 4.74 Å². The molecule has 1 aromatic heterocycles. The Morgan fingerprint density at radius 2 is 1.83 bits per heavy atom. The smallest absolute Gasteiger partial charge is 0.262 e. The Labute approximate surface area is 180 Å². The van der Waals surface area contributed by atoms with Crippen molar-refractivity contribution in [2.75, 3.05) is 19.5 Å². The predicted molar refractivity (Wildman–Crippen MR) is 121 cm³/mol. The summed E-state index contributed by atoms with van der Waals surface area (Å²) in [6.07, 6.45) is 0. The first-order valence-electron chi connectivity index (χ1n) is 9.96. The number of fused-ring (bicyclic) bond motifs is 1. The van der Waals surface area contributed by atoms with Crippen molar-refractivity contribution >= 4 is 28.6 Å². The van der Waals surface area contributed by atoms with Gasteiger partial charge in [0.2, 0.25) is 5.91 Å². The molecule has 0 unspecified atom stereocenters. The van der Waals surface area contributed by atoms with Crippen LogP contribution in [0, 0.1) is 0 Å². The molecule has 0 saturated heterocycles. The van der Waals surface area contributed by atoms with E-state index >= 15 is 0 Å². The van der Waals surface area contributed by atoms with Gasteiger partial charge in [-0.1, -0.05) is 54.2 Å². The van der Waals surface area contributed by atoms with Gasteiger partial charge in [-0.15, -0.1) is 0 Å². The second-order valence-corrected chi connectivity index (χ2v) is 8.19. The van der Waals surface area contributed by atoms with Crippen molar-refractivity contribution in [3.8, 4) is 0 Å². The number of nitrogens with zero attached hydrogens (tertiary/aromatic N) is 3. The Hall–Kier alpha value is -2.64. The van der Waals surface area contributed by atoms with Gasteiger partial charge in [-0.25, -0.2) is 4.98 Å². The average molecular weight is 426 g/mol. The highest BCUT2D eigenvalue weighted by Crippen LogP contribution is 2.20. The maximum absolute atomic E-state index is 13.0. The van der Waals surface area contributed by atoms with Gasteiger partial charge >= 0.3 is 0 Å². The Bertz CT molecular complexity index is 1050. The minimum atomic E-state index is -0.113. The van der Waals surface area contributed by atoms with Crippen LogP contribution in [0.4, 0.5) is 0 Å². The molecule has 7 heteroatoms. The first-order valence-corrected chi connectivity index (χ1v) is 10.9. The van der Waals surface area contributed by atoms with Crippen LogP contribution in [0.25, 0.3) is 10.9 Å². The predicted octanol–water partition coefficient (Wildman–Crippen LogP) is 3.57. The van der Waals surface area contributed by atoms with Gasteiger partial charge in [0, 0.05) is 19.7 Å². The molecule has 1 heterocycles. The molecule has 0 spiro atoms. The van der Waals surface area contributed by atoms with E-state index in [1.54, 1.807) is 17.7 Å². The number of rotatable bonds is 9. The number of hydrogen-bond donors (Lipinski definition) is 0. The standard InChI is InChI=1S/C23H27N3O3S/c1-17(2)26(15-18-9-5-4-6-10-18)21(27)16-30-23-24-20-12-8-7-11-19(20)22(28)25(23)13-14-29-3/h4-12,17H,13-16H2,1-3H3. The fourth-order valence-corrected chi connectivity index (χ4v) is 4.10. The molecule has 0 radical (unpaired) electrons. The van der Waals surface area contributed by atoms with E-state index in [2.05, 4.69) is 4.98 Å². The van der Waals surface area contributed by atoms with E-state index in [-0.39, 0.29) is 23.3 Å². The van der Waals surface area contributed by atoms with Crippen molar-refractivity contribution in [2.24, 2.45) is 0 Å². The van der Waals surface area contributed by atoms with Crippen LogP contribution in [-0.4, -0.2) is 45.9 Å². The SMILES string of the molecule is COCCn1c(SCC(=O)N(Cc2ccccc2)C(C)C)nc2ccccc2c1=O. The van der Waals surface area contributed by atoms with Crippen LogP contribution in [-0.2, 0) is 22.6 Å². The molecule has 0 saturated carbocycles. The lowest BCUT2D eigenvalue weighted by atomic mass is 10.2. The Morgan fingerprint density at radius 3 is 2.53 bits per heavy atom. The Kier molecular flexibility index (Phi) is 7.65. The lowest BCUT2D eigenvalue weighted by Gasteiger charge is -2.27. The third kappa shape index (κ3) is 5.29. The molecule has 30 heavy (non-hydrogen) atoms. The van der Waals surface area contributed by atoms with Crippen LogP contribution in [0.3, 0.4) is 0 Å². The summed E-state index contributed by atoms with van der Waals surface area (Å²) >= 11 is 1.30. The summed E-state index contributed by atoms with van der Waals surface area (Å²) in [5, 5.41) is 1.10. The monoisotopic (exact) mass is 425 g/mol. The number of aromatic nitrogens is 2. The molecule has 158 valence electrons. The van der Waals surface area contributed by atoms with E-state index in [1.807, 2.05) is 67.3 Å². The van der Waals surface area contributed by atoms with Crippen LogP contribution in [0.2, 0.25) is 0 Å². The van der Waals surface area contributed by atoms with Crippen molar-refractivity contribution in [3.05, 3.63) is 70.5 Å². The maximum Gasteiger partial charge on any atom is 0.262 e. The normalized spacial score (nSPS) is 11.2. The van der Waals surface area contributed by atoms with Gasteiger partial charge in [0.15, 0.2) is 5.16 Å². The fraction of sp³-hybridized carbons (Fsp3) is 0.348. The lowest BCUT2D eigenvalue weighted by molar-refractivity contribution is -0.130. The summed E-state index contributed by atoms with van der Waals surface area (Å²) in [6, 6.07) is 17.3. The van der Waals surface area contributed by atoms with Crippen molar-refractivity contribution in [3.63, 3.8) is 0 Å². The first kappa shape index (κ1) is 22.1. The van der Waals surface area contributed by atoms with Crippen molar-refractivity contribution in [1.82, 2.24) is 14.5 Å². The fourth-order valence-electron chi connectivity index (χ4n) is 3.19. The molecule has 0 N–H and O–H groups in total. The topological polar surface area (TPSA) is 64.4 Å². The number of carbonyl (C=O) groups excluding carboxylic acids is 1. The number of methoxy groups -OCH3 is 1. The molecule has 1 amide bonds. The number of thioether (sulfide) groups is 1. The second-order valence-electron chi connectivity index (χ2n) is 7.25. The first-order chi connectivity index (χ1) is 14.5. The van der Waals surface area contributed by atoms with E-state index in [9.17, 15) is 9.59 Å². The highest BCUT2D eigenvalue weighted by molar-refractivity contribution is 7.99. The molecule has 3 rings (SSSR count). The Morgan fingerprint density at radius 1 is 1.13 bits per heavy atom. The van der Waals surface area contributed by atoms with Crippen molar-refractivity contribution in [1.29, 1.82) is 0 Å². The highest BCUT2D eigenvalue weighted by atomic mass is 32.2. The van der Waals surface area contributed by atoms with Gasteiger partial charge in [-0.2, -0.15) is 0 Å². The second kappa shape index (κ2) is 10.4. The van der Waals surface area contributed by atoms with Crippen LogP contribution >= 0.6 is 11.8 Å². The summed E-state index contributed by atoms with van der Waals surface area (Å²) in [4.78, 5) is 32.4. The average Bonchev–Trinajstić information content (AvgIpc) is 2.76. The van der Waals surface area contributed by atoms with Gasteiger partial charge in [0.1, 0.15) is 0 Å². The van der Waals surface area contributed by atoms with Gasteiger partial charge in [-0.05, 0) is 31.5 Å². The molecular weight excluding hydrogens is 398 g/mol. The van der Waals surface area contributed by atoms with E-state index in [0.29, 0.717) is 35.8 Å². The summed E-state index contributed by atoms with van der Waals surface area (Å²) in [7, 11) is 1.60. The van der Waals surface area contributed by atoms with Crippen molar-refractivity contribution < 1.29 is 9.53 Å². The third-order valence-electron chi connectivity index (χ3n) is 4.81. The summed E-state index contributed by atoms with van der Waals surface area (Å²) in [5.41, 5.74) is 1.61. The molecule has 3 aromatic rings. The lowest BCUT2D eigenvalue weighted by Crippen LogP contribution is -2.37. The molecule has 0 bridgehead atoms. The largest absolute Gasteiger partial charge is 0.383 e. The number of carbonyl (C=O) groups is 1. The number of amides is 1. The molecule has 0 fully saturated rings. The number of para-hydroxylation sites is 1. The van der Waals surface area contributed by atoms with Gasteiger partial charge < -0.3 is 9.64 Å². The molecule has 6 nitrogen and oxygen atoms in total. The zero-order valence-corrected chi connectivity index (χ0v) is 18.4. The van der Waals surface area contributed by atoms with E-state index in [0.717, 1.165) is 5.56 Å². The number of benzene rings is 2. The molecule has 2 aromatic carbocycles. The van der Waals surface area contributed by atoms with Crippen LogP contribution in [0.5, 0.6) is 0 Å². The minimum absolute atomic E-state index is 0.0135. The maximum atomic E-state index is 13.0. The minimum Gasteiger partial charge on any atom is -0.383 e. The van der Waals surface area contributed by atoms with Crippen LogP contribution in [0.15, 0.2) is 64.5 Å². The van der Waals surface area contributed by atoms with E-state index < -0.39 is 0 Å². The summed E-state index contributed by atoms with van der Waals surface area (Å²) in [6.45, 7) is 5.36. The van der Waals surface area contributed by atoms with Crippen LogP contribution in [0.1, 0.15) is 19.4 Å². The molecule has 0 atom stereocenters. The molecule has 0 aliphatic carbocycles. The number of ether oxygens (including phenoxy) is 1. The van der Waals surface area contributed by atoms with Gasteiger partial charge in [-0.3, -0.25) is 14.2 Å². The number of hydrogen-bond acceptors (Lipinski definition) is 5. The summed E-state index contributed by atoms with van der Waals surface area (Å²) in [5.74, 6) is 0.225.